The molecule has 3 rings (SSSR count). The van der Waals surface area contributed by atoms with Crippen LogP contribution in [-0.2, 0) is 20.0 Å². The van der Waals surface area contributed by atoms with E-state index < -0.39 is 0 Å². The summed E-state index contributed by atoms with van der Waals surface area (Å²) in [4.78, 5) is 7.92. The first kappa shape index (κ1) is 20.2. The van der Waals surface area contributed by atoms with E-state index in [-0.39, 0.29) is 24.0 Å². The van der Waals surface area contributed by atoms with Gasteiger partial charge in [-0.2, -0.15) is 0 Å². The van der Waals surface area contributed by atoms with Crippen molar-refractivity contribution in [1.29, 1.82) is 0 Å². The molecule has 0 saturated heterocycles. The van der Waals surface area contributed by atoms with E-state index in [4.69, 9.17) is 0 Å². The Morgan fingerprint density at radius 3 is 2.88 bits per heavy atom. The molecule has 0 fully saturated rings. The van der Waals surface area contributed by atoms with Gasteiger partial charge >= 0.3 is 0 Å². The molecule has 7 nitrogen and oxygen atoms in total. The van der Waals surface area contributed by atoms with Crippen LogP contribution in [0.15, 0.2) is 35.7 Å². The summed E-state index contributed by atoms with van der Waals surface area (Å²) in [5.74, 6) is 1.63. The Morgan fingerprint density at radius 1 is 1.31 bits per heavy atom. The van der Waals surface area contributed by atoms with E-state index >= 15 is 0 Å². The Hall–Kier alpha value is -2.10. The first-order chi connectivity index (χ1) is 12.2. The molecule has 0 unspecified atom stereocenters. The molecule has 140 valence electrons. The number of aromatic nitrogens is 4. The maximum atomic E-state index is 4.57. The lowest BCUT2D eigenvalue weighted by atomic mass is 10.1. The molecule has 0 aliphatic heterocycles. The zero-order valence-electron chi connectivity index (χ0n) is 15.4. The first-order valence-electron chi connectivity index (χ1n) is 8.59. The number of rotatable bonds is 6. The van der Waals surface area contributed by atoms with E-state index in [0.717, 1.165) is 31.3 Å². The van der Waals surface area contributed by atoms with Gasteiger partial charge in [-0.1, -0.05) is 12.1 Å². The van der Waals surface area contributed by atoms with Gasteiger partial charge in [-0.15, -0.1) is 34.2 Å². The van der Waals surface area contributed by atoms with Gasteiger partial charge in [0, 0.05) is 37.2 Å². The molecule has 0 amide bonds. The van der Waals surface area contributed by atoms with Gasteiger partial charge in [0.2, 0.25) is 0 Å². The number of hydrogen-bond donors (Lipinski definition) is 3. The van der Waals surface area contributed by atoms with Crippen LogP contribution in [0.2, 0.25) is 0 Å². The van der Waals surface area contributed by atoms with Crippen LogP contribution >= 0.6 is 24.0 Å². The maximum Gasteiger partial charge on any atom is 0.191 e. The second-order valence-electron chi connectivity index (χ2n) is 6.09. The van der Waals surface area contributed by atoms with Crippen molar-refractivity contribution in [2.75, 3.05) is 13.1 Å². The summed E-state index contributed by atoms with van der Waals surface area (Å²) >= 11 is 0. The molecule has 26 heavy (non-hydrogen) atoms. The Kier molecular flexibility index (Phi) is 7.43. The number of benzene rings is 1. The molecular formula is C18H26IN7. The van der Waals surface area contributed by atoms with E-state index in [2.05, 4.69) is 69.1 Å². The molecule has 0 spiro atoms. The van der Waals surface area contributed by atoms with Gasteiger partial charge in [0.1, 0.15) is 12.9 Å². The highest BCUT2D eigenvalue weighted by atomic mass is 127. The highest BCUT2D eigenvalue weighted by molar-refractivity contribution is 14.0. The van der Waals surface area contributed by atoms with Crippen LogP contribution in [-0.4, -0.2) is 38.8 Å². The van der Waals surface area contributed by atoms with E-state index in [0.29, 0.717) is 6.54 Å². The predicted octanol–water partition coefficient (Wildman–Crippen LogP) is 2.52. The van der Waals surface area contributed by atoms with Crippen LogP contribution in [0.1, 0.15) is 23.9 Å². The molecule has 1 aromatic carbocycles. The lowest BCUT2D eigenvalue weighted by Crippen LogP contribution is -2.38. The zero-order chi connectivity index (χ0) is 17.6. The SMILES string of the molecule is CCNC(=NCc1nncn1C)NCCc1c[nH]c2cc(C)ccc12.I. The van der Waals surface area contributed by atoms with Crippen LogP contribution < -0.4 is 10.6 Å². The molecule has 0 radical (unpaired) electrons. The lowest BCUT2D eigenvalue weighted by molar-refractivity contribution is 0.764. The highest BCUT2D eigenvalue weighted by Crippen LogP contribution is 2.19. The average molecular weight is 467 g/mol. The molecule has 3 N–H and O–H groups in total. The van der Waals surface area contributed by atoms with Crippen LogP contribution in [0.25, 0.3) is 10.9 Å². The van der Waals surface area contributed by atoms with Gasteiger partial charge in [-0.25, -0.2) is 4.99 Å². The van der Waals surface area contributed by atoms with Crippen molar-refractivity contribution < 1.29 is 0 Å². The number of aryl methyl sites for hydroxylation is 2. The van der Waals surface area contributed by atoms with Gasteiger partial charge in [-0.05, 0) is 37.5 Å². The van der Waals surface area contributed by atoms with E-state index in [9.17, 15) is 0 Å². The molecule has 0 aliphatic rings. The normalized spacial score (nSPS) is 11.4. The number of nitrogens with one attached hydrogen (secondary N) is 3. The Labute approximate surface area is 170 Å². The van der Waals surface area contributed by atoms with Gasteiger partial charge in [0.05, 0.1) is 0 Å². The number of aliphatic imine (C=N–C) groups is 1. The number of fused-ring (bicyclic) bond motifs is 1. The number of nitrogens with zero attached hydrogens (tertiary/aromatic N) is 4. The molecule has 0 saturated carbocycles. The van der Waals surface area contributed by atoms with Crippen LogP contribution in [0.4, 0.5) is 0 Å². The van der Waals surface area contributed by atoms with E-state index in [1.54, 1.807) is 6.33 Å². The van der Waals surface area contributed by atoms with Crippen LogP contribution in [0, 0.1) is 6.92 Å². The number of hydrogen-bond acceptors (Lipinski definition) is 3. The Balaban J connectivity index is 0.00000243. The molecular weight excluding hydrogens is 441 g/mol. The second-order valence-corrected chi connectivity index (χ2v) is 6.09. The summed E-state index contributed by atoms with van der Waals surface area (Å²) in [6, 6.07) is 6.52. The van der Waals surface area contributed by atoms with Gasteiger partial charge in [0.25, 0.3) is 0 Å². The van der Waals surface area contributed by atoms with Crippen molar-refractivity contribution in [2.45, 2.75) is 26.8 Å². The standard InChI is InChI=1S/C18H25N7.HI/c1-4-19-18(22-11-17-24-23-12-25(17)3)20-8-7-14-10-21-16-9-13(2)5-6-15(14)16;/h5-6,9-10,12,21H,4,7-8,11H2,1-3H3,(H2,19,20,22);1H. The predicted molar refractivity (Wildman–Crippen MR) is 116 cm³/mol. The highest BCUT2D eigenvalue weighted by Gasteiger charge is 2.05. The summed E-state index contributed by atoms with van der Waals surface area (Å²) in [5, 5.41) is 15.9. The zero-order valence-corrected chi connectivity index (χ0v) is 17.7. The summed E-state index contributed by atoms with van der Waals surface area (Å²) in [7, 11) is 1.92. The monoisotopic (exact) mass is 467 g/mol. The lowest BCUT2D eigenvalue weighted by Gasteiger charge is -2.11. The van der Waals surface area contributed by atoms with Gasteiger partial charge < -0.3 is 20.2 Å². The molecule has 2 aromatic heterocycles. The van der Waals surface area contributed by atoms with Crippen molar-refractivity contribution >= 4 is 40.8 Å². The Morgan fingerprint density at radius 2 is 2.15 bits per heavy atom. The number of H-pyrrole nitrogens is 1. The molecule has 0 atom stereocenters. The molecule has 8 heteroatoms. The van der Waals surface area contributed by atoms with E-state index in [1.807, 2.05) is 11.6 Å². The topological polar surface area (TPSA) is 82.9 Å². The third kappa shape index (κ3) is 4.96. The first-order valence-corrected chi connectivity index (χ1v) is 8.59. The molecule has 2 heterocycles. The summed E-state index contributed by atoms with van der Waals surface area (Å²) in [6.07, 6.45) is 4.71. The van der Waals surface area contributed by atoms with Crippen LogP contribution in [0.5, 0.6) is 0 Å². The fourth-order valence-electron chi connectivity index (χ4n) is 2.76. The molecule has 0 bridgehead atoms. The molecule has 3 aromatic rings. The Bertz CT molecular complexity index is 865. The van der Waals surface area contributed by atoms with Crippen LogP contribution in [0.3, 0.4) is 0 Å². The van der Waals surface area contributed by atoms with Crippen molar-refractivity contribution in [3.63, 3.8) is 0 Å². The van der Waals surface area contributed by atoms with Crippen molar-refractivity contribution in [2.24, 2.45) is 12.0 Å². The molecule has 0 aliphatic carbocycles. The van der Waals surface area contributed by atoms with Crippen molar-refractivity contribution in [3.8, 4) is 0 Å². The number of guanidine groups is 1. The minimum Gasteiger partial charge on any atom is -0.361 e. The smallest absolute Gasteiger partial charge is 0.191 e. The third-order valence-electron chi connectivity index (χ3n) is 4.14. The summed E-state index contributed by atoms with van der Waals surface area (Å²) in [6.45, 7) is 6.29. The minimum atomic E-state index is 0. The van der Waals surface area contributed by atoms with Gasteiger partial charge in [0.15, 0.2) is 11.8 Å². The average Bonchev–Trinajstić information content (AvgIpc) is 3.18. The number of halogens is 1. The quantitative estimate of drug-likeness (QED) is 0.296. The fourth-order valence-corrected chi connectivity index (χ4v) is 2.76. The van der Waals surface area contributed by atoms with Gasteiger partial charge in [-0.3, -0.25) is 0 Å². The second kappa shape index (κ2) is 9.56. The van der Waals surface area contributed by atoms with Crippen molar-refractivity contribution in [1.82, 2.24) is 30.4 Å². The fraction of sp³-hybridized carbons (Fsp3) is 0.389. The number of aromatic amines is 1. The third-order valence-corrected chi connectivity index (χ3v) is 4.14. The summed E-state index contributed by atoms with van der Waals surface area (Å²) < 4.78 is 1.88. The summed E-state index contributed by atoms with van der Waals surface area (Å²) in [5.41, 5.74) is 3.77. The maximum absolute atomic E-state index is 4.57. The van der Waals surface area contributed by atoms with Crippen molar-refractivity contribution in [3.05, 3.63) is 47.7 Å². The van der Waals surface area contributed by atoms with E-state index in [1.165, 1.54) is 22.0 Å². The minimum absolute atomic E-state index is 0. The largest absolute Gasteiger partial charge is 0.361 e.